The third-order valence-corrected chi connectivity index (χ3v) is 5.47. The second kappa shape index (κ2) is 7.57. The first-order valence-electron chi connectivity index (χ1n) is 8.97. The van der Waals surface area contributed by atoms with Gasteiger partial charge in [-0.3, -0.25) is 9.78 Å². The Bertz CT molecular complexity index is 1210. The summed E-state index contributed by atoms with van der Waals surface area (Å²) < 4.78 is 8.22. The van der Waals surface area contributed by atoms with Gasteiger partial charge in [-0.05, 0) is 36.8 Å². The van der Waals surface area contributed by atoms with E-state index in [9.17, 15) is 10.1 Å². The van der Waals surface area contributed by atoms with Crippen LogP contribution in [0.4, 0.5) is 0 Å². The standard InChI is InChI=1S/C22H17BrN4O2/c1-13-10-18-20(22(28)27(13)12-16-4-2-3-9-26-16)19(17(11-24)21(25)29-18)14-5-7-15(23)8-6-14/h2-10,19H,12,25H2,1H3/t19-/m1/s1. The van der Waals surface area contributed by atoms with Crippen molar-refractivity contribution in [2.24, 2.45) is 5.73 Å². The number of fused-ring (bicyclic) bond motifs is 1. The smallest absolute Gasteiger partial charge is 0.259 e. The van der Waals surface area contributed by atoms with Gasteiger partial charge in [-0.25, -0.2) is 0 Å². The van der Waals surface area contributed by atoms with Gasteiger partial charge in [0.2, 0.25) is 5.88 Å². The number of pyridine rings is 2. The number of nitrogens with zero attached hydrogens (tertiary/aromatic N) is 3. The van der Waals surface area contributed by atoms with Gasteiger partial charge < -0.3 is 15.0 Å². The molecular weight excluding hydrogens is 432 g/mol. The summed E-state index contributed by atoms with van der Waals surface area (Å²) in [5.74, 6) is -0.191. The molecule has 29 heavy (non-hydrogen) atoms. The summed E-state index contributed by atoms with van der Waals surface area (Å²) in [7, 11) is 0. The molecule has 1 aromatic carbocycles. The van der Waals surface area contributed by atoms with Crippen molar-refractivity contribution >= 4 is 15.9 Å². The first-order chi connectivity index (χ1) is 14.0. The van der Waals surface area contributed by atoms with Crippen LogP contribution in [0.1, 0.15) is 28.4 Å². The van der Waals surface area contributed by atoms with E-state index in [0.717, 1.165) is 21.4 Å². The zero-order chi connectivity index (χ0) is 20.5. The number of hydrogen-bond donors (Lipinski definition) is 1. The first kappa shape index (κ1) is 19.0. The Hall–Kier alpha value is -3.37. The van der Waals surface area contributed by atoms with Crippen molar-refractivity contribution in [1.29, 1.82) is 5.26 Å². The molecule has 1 aliphatic rings. The number of hydrogen-bond acceptors (Lipinski definition) is 5. The third kappa shape index (κ3) is 3.43. The van der Waals surface area contributed by atoms with Gasteiger partial charge in [0.05, 0.1) is 23.7 Å². The fourth-order valence-electron chi connectivity index (χ4n) is 3.52. The summed E-state index contributed by atoms with van der Waals surface area (Å²) in [6, 6.07) is 17.0. The van der Waals surface area contributed by atoms with E-state index in [1.54, 1.807) is 16.8 Å². The fraction of sp³-hybridized carbons (Fsp3) is 0.136. The Morgan fingerprint density at radius 2 is 2.03 bits per heavy atom. The fourth-order valence-corrected chi connectivity index (χ4v) is 3.79. The van der Waals surface area contributed by atoms with E-state index in [2.05, 4.69) is 27.0 Å². The van der Waals surface area contributed by atoms with Gasteiger partial charge in [-0.2, -0.15) is 5.26 Å². The molecule has 0 radical (unpaired) electrons. The van der Waals surface area contributed by atoms with E-state index >= 15 is 0 Å². The van der Waals surface area contributed by atoms with Gasteiger partial charge in [-0.15, -0.1) is 0 Å². The maximum Gasteiger partial charge on any atom is 0.259 e. The zero-order valence-electron chi connectivity index (χ0n) is 15.6. The minimum atomic E-state index is -0.597. The average molecular weight is 449 g/mol. The molecule has 0 saturated heterocycles. The molecule has 0 fully saturated rings. The van der Waals surface area contributed by atoms with Crippen molar-refractivity contribution in [3.8, 4) is 11.8 Å². The van der Waals surface area contributed by atoms with Crippen LogP contribution in [0.2, 0.25) is 0 Å². The van der Waals surface area contributed by atoms with Crippen molar-refractivity contribution in [3.63, 3.8) is 0 Å². The van der Waals surface area contributed by atoms with E-state index in [0.29, 0.717) is 17.9 Å². The number of rotatable bonds is 3. The molecule has 2 aromatic heterocycles. The van der Waals surface area contributed by atoms with Crippen molar-refractivity contribution in [3.05, 3.63) is 104 Å². The lowest BCUT2D eigenvalue weighted by atomic mass is 9.84. The van der Waals surface area contributed by atoms with Crippen LogP contribution in [-0.2, 0) is 6.54 Å². The molecule has 0 saturated carbocycles. The lowest BCUT2D eigenvalue weighted by Crippen LogP contribution is -2.33. The number of ether oxygens (including phenoxy) is 1. The molecule has 7 heteroatoms. The Morgan fingerprint density at radius 3 is 2.69 bits per heavy atom. The molecule has 1 atom stereocenters. The van der Waals surface area contributed by atoms with Crippen LogP contribution in [0, 0.1) is 18.3 Å². The van der Waals surface area contributed by atoms with Crippen molar-refractivity contribution in [1.82, 2.24) is 9.55 Å². The van der Waals surface area contributed by atoms with E-state index in [4.69, 9.17) is 10.5 Å². The minimum absolute atomic E-state index is 0.0224. The summed E-state index contributed by atoms with van der Waals surface area (Å²) in [6.45, 7) is 2.16. The lowest BCUT2D eigenvalue weighted by molar-refractivity contribution is 0.389. The molecule has 0 unspecified atom stereocenters. The maximum atomic E-state index is 13.5. The van der Waals surface area contributed by atoms with E-state index < -0.39 is 5.92 Å². The second-order valence-electron chi connectivity index (χ2n) is 6.75. The van der Waals surface area contributed by atoms with Crippen molar-refractivity contribution in [2.75, 3.05) is 0 Å². The SMILES string of the molecule is Cc1cc2c(c(=O)n1Cc1ccccn1)[C@H](c1ccc(Br)cc1)C(C#N)=C(N)O2. The van der Waals surface area contributed by atoms with E-state index in [1.807, 2.05) is 49.4 Å². The molecular formula is C22H17BrN4O2. The number of aromatic nitrogens is 2. The number of halogens is 1. The first-order valence-corrected chi connectivity index (χ1v) is 9.76. The summed E-state index contributed by atoms with van der Waals surface area (Å²) >= 11 is 3.42. The third-order valence-electron chi connectivity index (χ3n) is 4.94. The van der Waals surface area contributed by atoms with Gasteiger partial charge in [0.15, 0.2) is 0 Å². The molecule has 4 rings (SSSR count). The molecule has 3 aromatic rings. The van der Waals surface area contributed by atoms with E-state index in [1.165, 1.54) is 0 Å². The number of nitrogens with two attached hydrogens (primary N) is 1. The van der Waals surface area contributed by atoms with Gasteiger partial charge >= 0.3 is 0 Å². The predicted molar refractivity (Wildman–Crippen MR) is 112 cm³/mol. The summed E-state index contributed by atoms with van der Waals surface area (Å²) in [5.41, 5.74) is 8.72. The van der Waals surface area contributed by atoms with Gasteiger partial charge in [0.1, 0.15) is 17.4 Å². The van der Waals surface area contributed by atoms with Gasteiger partial charge in [0.25, 0.3) is 5.56 Å². The average Bonchev–Trinajstić information content (AvgIpc) is 2.71. The van der Waals surface area contributed by atoms with Crippen LogP contribution >= 0.6 is 15.9 Å². The van der Waals surface area contributed by atoms with Gasteiger partial charge in [-0.1, -0.05) is 34.1 Å². The Labute approximate surface area is 176 Å². The normalized spacial score (nSPS) is 15.4. The summed E-state index contributed by atoms with van der Waals surface area (Å²) in [6.07, 6.45) is 1.69. The van der Waals surface area contributed by atoms with Gasteiger partial charge in [0, 0.05) is 22.4 Å². The minimum Gasteiger partial charge on any atom is -0.440 e. The van der Waals surface area contributed by atoms with E-state index in [-0.39, 0.29) is 17.0 Å². The monoisotopic (exact) mass is 448 g/mol. The molecule has 0 amide bonds. The predicted octanol–water partition coefficient (Wildman–Crippen LogP) is 3.58. The van der Waals surface area contributed by atoms with Crippen LogP contribution < -0.4 is 16.0 Å². The maximum absolute atomic E-state index is 13.5. The molecule has 3 heterocycles. The van der Waals surface area contributed by atoms with Crippen molar-refractivity contribution < 1.29 is 4.74 Å². The Morgan fingerprint density at radius 1 is 1.28 bits per heavy atom. The van der Waals surface area contributed by atoms with Crippen LogP contribution in [0.25, 0.3) is 0 Å². The highest BCUT2D eigenvalue weighted by atomic mass is 79.9. The number of allylic oxidation sites excluding steroid dienone is 1. The zero-order valence-corrected chi connectivity index (χ0v) is 17.2. The topological polar surface area (TPSA) is 93.9 Å². The molecule has 6 nitrogen and oxygen atoms in total. The number of nitriles is 1. The second-order valence-corrected chi connectivity index (χ2v) is 7.67. The molecule has 1 aliphatic heterocycles. The number of benzene rings is 1. The highest BCUT2D eigenvalue weighted by Gasteiger charge is 2.34. The molecule has 0 aliphatic carbocycles. The van der Waals surface area contributed by atoms with Crippen LogP contribution in [0.5, 0.6) is 5.75 Å². The summed E-state index contributed by atoms with van der Waals surface area (Å²) in [5, 5.41) is 9.73. The Balaban J connectivity index is 1.92. The van der Waals surface area contributed by atoms with Crippen LogP contribution in [0.15, 0.2) is 75.5 Å². The lowest BCUT2D eigenvalue weighted by Gasteiger charge is -2.27. The number of aryl methyl sites for hydroxylation is 1. The molecule has 2 N–H and O–H groups in total. The van der Waals surface area contributed by atoms with Crippen LogP contribution in [0.3, 0.4) is 0 Å². The molecule has 144 valence electrons. The quantitative estimate of drug-likeness (QED) is 0.660. The highest BCUT2D eigenvalue weighted by molar-refractivity contribution is 9.10. The highest BCUT2D eigenvalue weighted by Crippen LogP contribution is 2.40. The van der Waals surface area contributed by atoms with Crippen molar-refractivity contribution in [2.45, 2.75) is 19.4 Å². The van der Waals surface area contributed by atoms with Crippen LogP contribution in [-0.4, -0.2) is 9.55 Å². The Kier molecular flexibility index (Phi) is 4.95. The molecule has 0 bridgehead atoms. The molecule has 0 spiro atoms. The summed E-state index contributed by atoms with van der Waals surface area (Å²) in [4.78, 5) is 17.9. The largest absolute Gasteiger partial charge is 0.440 e.